The third-order valence-electron chi connectivity index (χ3n) is 6.20. The molecule has 32 heavy (non-hydrogen) atoms. The number of carbonyl (C=O) groups is 1. The fraction of sp³-hybridized carbons (Fsp3) is 0.400. The molecule has 1 fully saturated rings. The highest BCUT2D eigenvalue weighted by atomic mass is 16.7. The van der Waals surface area contributed by atoms with E-state index in [4.69, 9.17) is 24.1 Å². The van der Waals surface area contributed by atoms with E-state index in [-0.39, 0.29) is 6.10 Å². The number of ether oxygens (including phenoxy) is 4. The lowest BCUT2D eigenvalue weighted by molar-refractivity contribution is -0.0292. The lowest BCUT2D eigenvalue weighted by Crippen LogP contribution is -2.53. The second-order valence-electron chi connectivity index (χ2n) is 8.21. The summed E-state index contributed by atoms with van der Waals surface area (Å²) in [6, 6.07) is 12.0. The summed E-state index contributed by atoms with van der Waals surface area (Å²) in [5.74, 6) is 2.34. The summed E-state index contributed by atoms with van der Waals surface area (Å²) in [7, 11) is 3.28. The van der Waals surface area contributed by atoms with Gasteiger partial charge in [0, 0.05) is 31.3 Å². The van der Waals surface area contributed by atoms with Gasteiger partial charge in [0.25, 0.3) is 0 Å². The molecule has 7 nitrogen and oxygen atoms in total. The maximum absolute atomic E-state index is 10.6. The summed E-state index contributed by atoms with van der Waals surface area (Å²) in [6.07, 6.45) is 0.567. The molecule has 2 aromatic carbocycles. The Morgan fingerprint density at radius 2 is 1.84 bits per heavy atom. The Bertz CT molecular complexity index is 1030. The van der Waals surface area contributed by atoms with Crippen molar-refractivity contribution in [2.24, 2.45) is 0 Å². The first-order valence-electron chi connectivity index (χ1n) is 10.7. The lowest BCUT2D eigenvalue weighted by atomic mass is 9.85. The van der Waals surface area contributed by atoms with Crippen LogP contribution in [0.4, 0.5) is 4.79 Å². The Balaban J connectivity index is 1.39. The van der Waals surface area contributed by atoms with Gasteiger partial charge in [-0.15, -0.1) is 0 Å². The van der Waals surface area contributed by atoms with Crippen LogP contribution in [0.15, 0.2) is 42.0 Å². The van der Waals surface area contributed by atoms with Gasteiger partial charge in [-0.2, -0.15) is 0 Å². The average molecular weight is 440 g/mol. The molecule has 0 unspecified atom stereocenters. The molecule has 2 aliphatic rings. The van der Waals surface area contributed by atoms with Crippen LogP contribution >= 0.6 is 0 Å². The number of rotatable bonds is 8. The van der Waals surface area contributed by atoms with Crippen LogP contribution in [0.1, 0.15) is 30.0 Å². The van der Waals surface area contributed by atoms with Gasteiger partial charge < -0.3 is 24.1 Å². The zero-order chi connectivity index (χ0) is 22.7. The first-order valence-corrected chi connectivity index (χ1v) is 10.7. The van der Waals surface area contributed by atoms with E-state index >= 15 is 0 Å². The van der Waals surface area contributed by atoms with Crippen LogP contribution in [0.3, 0.4) is 0 Å². The Kier molecular flexibility index (Phi) is 6.55. The summed E-state index contributed by atoms with van der Waals surface area (Å²) >= 11 is 0. The molecule has 1 heterocycles. The molecule has 2 aromatic rings. The zero-order valence-corrected chi connectivity index (χ0v) is 18.7. The molecule has 0 atom stereocenters. The molecule has 0 aromatic heterocycles. The molecule has 7 heteroatoms. The number of likely N-dealkylation sites (tertiary alicyclic amines) is 1. The number of benzene rings is 2. The van der Waals surface area contributed by atoms with E-state index in [2.05, 4.69) is 24.0 Å². The molecule has 1 N–H and O–H groups in total. The first-order chi connectivity index (χ1) is 15.5. The standard InChI is InChI=1S/C25H29NO6/c1-16-18(12-26-13-22(14-26)32-25(27)28)5-4-17-10-21(8-9-23(16)17)31-15-19-6-7-20(29-2)11-24(19)30-3/h6-11,22H,4-5,12-15H2,1-3H3,(H,27,28). The molecule has 0 spiro atoms. The minimum atomic E-state index is -1.19. The summed E-state index contributed by atoms with van der Waals surface area (Å²) < 4.78 is 21.6. The second kappa shape index (κ2) is 9.53. The Labute approximate surface area is 188 Å². The fourth-order valence-corrected chi connectivity index (χ4v) is 4.36. The first kappa shape index (κ1) is 22.0. The predicted octanol–water partition coefficient (Wildman–Crippen LogP) is 4.38. The van der Waals surface area contributed by atoms with Crippen molar-refractivity contribution in [2.45, 2.75) is 32.5 Å². The van der Waals surface area contributed by atoms with Crippen molar-refractivity contribution in [2.75, 3.05) is 33.9 Å². The number of nitrogens with zero attached hydrogens (tertiary/aromatic N) is 1. The number of aryl methyl sites for hydroxylation is 1. The van der Waals surface area contributed by atoms with Crippen LogP contribution < -0.4 is 14.2 Å². The van der Waals surface area contributed by atoms with Crippen molar-refractivity contribution in [3.8, 4) is 17.2 Å². The van der Waals surface area contributed by atoms with E-state index in [0.717, 1.165) is 42.2 Å². The van der Waals surface area contributed by atoms with E-state index in [1.165, 1.54) is 22.3 Å². The van der Waals surface area contributed by atoms with Crippen molar-refractivity contribution in [3.05, 3.63) is 58.7 Å². The van der Waals surface area contributed by atoms with Gasteiger partial charge in [0.15, 0.2) is 0 Å². The SMILES string of the molecule is COc1ccc(COc2ccc3c(c2)CCC(CN2CC(OC(=O)O)C2)=C3C)c(OC)c1. The van der Waals surface area contributed by atoms with E-state index < -0.39 is 6.16 Å². The average Bonchev–Trinajstić information content (AvgIpc) is 2.77. The quantitative estimate of drug-likeness (QED) is 0.612. The summed E-state index contributed by atoms with van der Waals surface area (Å²) in [6.45, 7) is 4.77. The summed E-state index contributed by atoms with van der Waals surface area (Å²) in [5.41, 5.74) is 6.23. The fourth-order valence-electron chi connectivity index (χ4n) is 4.36. The number of allylic oxidation sites excluding steroid dienone is 1. The maximum Gasteiger partial charge on any atom is 0.506 e. The molecule has 1 aliphatic carbocycles. The molecule has 0 amide bonds. The molecule has 4 rings (SSSR count). The molecule has 0 radical (unpaired) electrons. The third-order valence-corrected chi connectivity index (χ3v) is 6.20. The van der Waals surface area contributed by atoms with E-state index in [0.29, 0.717) is 19.7 Å². The van der Waals surface area contributed by atoms with Gasteiger partial charge in [0.05, 0.1) is 14.2 Å². The smallest absolute Gasteiger partial charge is 0.497 e. The number of hydrogen-bond donors (Lipinski definition) is 1. The van der Waals surface area contributed by atoms with Gasteiger partial charge in [0.1, 0.15) is 30.0 Å². The zero-order valence-electron chi connectivity index (χ0n) is 18.7. The number of methoxy groups -OCH3 is 2. The molecule has 0 bridgehead atoms. The largest absolute Gasteiger partial charge is 0.506 e. The van der Waals surface area contributed by atoms with Crippen molar-refractivity contribution < 1.29 is 28.8 Å². The highest BCUT2D eigenvalue weighted by molar-refractivity contribution is 5.72. The van der Waals surface area contributed by atoms with E-state index in [1.807, 2.05) is 24.3 Å². The molecule has 0 saturated carbocycles. The van der Waals surface area contributed by atoms with Gasteiger partial charge in [-0.05, 0) is 60.7 Å². The van der Waals surface area contributed by atoms with Crippen molar-refractivity contribution in [1.82, 2.24) is 4.90 Å². The number of carboxylic acid groups (broad SMARTS) is 1. The number of hydrogen-bond acceptors (Lipinski definition) is 6. The van der Waals surface area contributed by atoms with Crippen molar-refractivity contribution in [1.29, 1.82) is 0 Å². The second-order valence-corrected chi connectivity index (χ2v) is 8.21. The van der Waals surface area contributed by atoms with Crippen LogP contribution in [0.25, 0.3) is 5.57 Å². The van der Waals surface area contributed by atoms with E-state index in [1.54, 1.807) is 14.2 Å². The van der Waals surface area contributed by atoms with Crippen LogP contribution in [-0.2, 0) is 17.8 Å². The predicted molar refractivity (Wildman–Crippen MR) is 121 cm³/mol. The van der Waals surface area contributed by atoms with E-state index in [9.17, 15) is 4.79 Å². The molecule has 170 valence electrons. The molecule has 1 saturated heterocycles. The molecular weight excluding hydrogens is 410 g/mol. The number of fused-ring (bicyclic) bond motifs is 1. The minimum Gasteiger partial charge on any atom is -0.497 e. The monoisotopic (exact) mass is 439 g/mol. The Morgan fingerprint density at radius 1 is 1.06 bits per heavy atom. The minimum absolute atomic E-state index is 0.201. The third kappa shape index (κ3) is 4.83. The lowest BCUT2D eigenvalue weighted by Gasteiger charge is -2.39. The van der Waals surface area contributed by atoms with Crippen molar-refractivity contribution in [3.63, 3.8) is 0 Å². The highest BCUT2D eigenvalue weighted by Crippen LogP contribution is 2.35. The van der Waals surface area contributed by atoms with Crippen LogP contribution in [0, 0.1) is 0 Å². The van der Waals surface area contributed by atoms with Gasteiger partial charge in [0.2, 0.25) is 0 Å². The van der Waals surface area contributed by atoms with Gasteiger partial charge in [-0.3, -0.25) is 4.90 Å². The topological polar surface area (TPSA) is 77.5 Å². The van der Waals surface area contributed by atoms with Gasteiger partial charge in [-0.1, -0.05) is 11.6 Å². The highest BCUT2D eigenvalue weighted by Gasteiger charge is 2.31. The summed E-state index contributed by atoms with van der Waals surface area (Å²) in [4.78, 5) is 12.9. The van der Waals surface area contributed by atoms with Gasteiger partial charge in [-0.25, -0.2) is 4.79 Å². The maximum atomic E-state index is 10.6. The summed E-state index contributed by atoms with van der Waals surface area (Å²) in [5, 5.41) is 8.71. The molecule has 1 aliphatic heterocycles. The Hall–Kier alpha value is -3.19. The Morgan fingerprint density at radius 3 is 2.56 bits per heavy atom. The normalized spacial score (nSPS) is 16.2. The van der Waals surface area contributed by atoms with Crippen LogP contribution in [0.2, 0.25) is 0 Å². The van der Waals surface area contributed by atoms with Crippen LogP contribution in [-0.4, -0.2) is 56.1 Å². The van der Waals surface area contributed by atoms with Crippen molar-refractivity contribution >= 4 is 11.7 Å². The van der Waals surface area contributed by atoms with Gasteiger partial charge >= 0.3 is 6.16 Å². The van der Waals surface area contributed by atoms with Crippen LogP contribution in [0.5, 0.6) is 17.2 Å². The molecular formula is C25H29NO6.